The Hall–Kier alpha value is -2.40. The van der Waals surface area contributed by atoms with Gasteiger partial charge in [-0.25, -0.2) is 4.79 Å². The predicted octanol–water partition coefficient (Wildman–Crippen LogP) is 3.29. The van der Waals surface area contributed by atoms with Crippen molar-refractivity contribution < 1.29 is 9.53 Å². The Kier molecular flexibility index (Phi) is 4.06. The fourth-order valence-corrected chi connectivity index (χ4v) is 3.34. The van der Waals surface area contributed by atoms with E-state index in [1.165, 1.54) is 7.11 Å². The molecule has 1 aliphatic rings. The number of nitrogens with zero attached hydrogens (tertiary/aromatic N) is 1. The number of nitrogens with one attached hydrogen (secondary N) is 1. The third-order valence-electron chi connectivity index (χ3n) is 3.62. The Balaban J connectivity index is 2.15. The number of hydrogen-bond acceptors (Lipinski definition) is 5. The van der Waals surface area contributed by atoms with Gasteiger partial charge < -0.3 is 4.74 Å². The second-order valence-electron chi connectivity index (χ2n) is 4.96. The number of hydrazone groups is 1. The van der Waals surface area contributed by atoms with Crippen LogP contribution in [-0.4, -0.2) is 18.8 Å². The number of allylic oxidation sites excluding steroid dienone is 1. The van der Waals surface area contributed by atoms with Gasteiger partial charge in [-0.2, -0.15) is 5.10 Å². The van der Waals surface area contributed by atoms with Gasteiger partial charge in [-0.1, -0.05) is 36.4 Å². The Morgan fingerprint density at radius 1 is 1.23 bits per heavy atom. The molecule has 22 heavy (non-hydrogen) atoms. The van der Waals surface area contributed by atoms with Gasteiger partial charge in [0.1, 0.15) is 0 Å². The summed E-state index contributed by atoms with van der Waals surface area (Å²) in [6, 6.07) is 13.9. The number of carbonyl (C=O) groups is 1. The van der Waals surface area contributed by atoms with Crippen molar-refractivity contribution in [3.8, 4) is 0 Å². The molecule has 1 aliphatic heterocycles. The molecule has 0 aliphatic carbocycles. The highest BCUT2D eigenvalue weighted by atomic mass is 32.1. The van der Waals surface area contributed by atoms with Crippen molar-refractivity contribution in [3.63, 3.8) is 0 Å². The van der Waals surface area contributed by atoms with Crippen molar-refractivity contribution in [1.29, 1.82) is 0 Å². The van der Waals surface area contributed by atoms with Gasteiger partial charge >= 0.3 is 5.97 Å². The third kappa shape index (κ3) is 2.55. The summed E-state index contributed by atoms with van der Waals surface area (Å²) in [6.45, 7) is 1.84. The summed E-state index contributed by atoms with van der Waals surface area (Å²) in [7, 11) is 1.40. The molecule has 5 heteroatoms. The molecule has 0 fully saturated rings. The van der Waals surface area contributed by atoms with E-state index in [9.17, 15) is 4.79 Å². The Morgan fingerprint density at radius 2 is 2.00 bits per heavy atom. The second-order valence-corrected chi connectivity index (χ2v) is 5.91. The smallest absolute Gasteiger partial charge is 0.336 e. The highest BCUT2D eigenvalue weighted by Gasteiger charge is 2.34. The highest BCUT2D eigenvalue weighted by Crippen LogP contribution is 2.34. The van der Waals surface area contributed by atoms with E-state index in [0.29, 0.717) is 5.57 Å². The Bertz CT molecular complexity index is 733. The lowest BCUT2D eigenvalue weighted by molar-refractivity contribution is -0.136. The lowest BCUT2D eigenvalue weighted by atomic mass is 9.84. The van der Waals surface area contributed by atoms with Gasteiger partial charge in [0.15, 0.2) is 0 Å². The minimum Gasteiger partial charge on any atom is -0.466 e. The quantitative estimate of drug-likeness (QED) is 0.885. The molecule has 0 bridgehead atoms. The van der Waals surface area contributed by atoms with Crippen molar-refractivity contribution in [2.24, 2.45) is 5.10 Å². The maximum atomic E-state index is 12.3. The Labute approximate surface area is 133 Å². The fraction of sp³-hybridized carbons (Fsp3) is 0.176. The van der Waals surface area contributed by atoms with E-state index >= 15 is 0 Å². The average Bonchev–Trinajstić information content (AvgIpc) is 3.09. The average molecular weight is 312 g/mol. The number of benzene rings is 1. The molecule has 3 rings (SSSR count). The minimum absolute atomic E-state index is 0.228. The standard InChI is InChI=1S/C17H16N2O2S/c1-11-14(17(20)21-2)15(12-7-4-3-5-8-12)16(19-18-11)13-9-6-10-22-13/h3-10,15,18H,1-2H3. The summed E-state index contributed by atoms with van der Waals surface area (Å²) in [5, 5.41) is 6.49. The van der Waals surface area contributed by atoms with Crippen LogP contribution in [0.4, 0.5) is 0 Å². The van der Waals surface area contributed by atoms with Crippen molar-refractivity contribution in [2.75, 3.05) is 7.11 Å². The van der Waals surface area contributed by atoms with Gasteiger partial charge in [-0.3, -0.25) is 5.43 Å². The monoisotopic (exact) mass is 312 g/mol. The lowest BCUT2D eigenvalue weighted by Crippen LogP contribution is -2.30. The van der Waals surface area contributed by atoms with E-state index in [1.54, 1.807) is 11.3 Å². The number of carbonyl (C=O) groups excluding carboxylic acids is 1. The number of esters is 1. The number of rotatable bonds is 3. The first-order valence-electron chi connectivity index (χ1n) is 6.94. The first-order valence-corrected chi connectivity index (χ1v) is 7.82. The molecule has 0 saturated heterocycles. The van der Waals surface area contributed by atoms with E-state index in [-0.39, 0.29) is 11.9 Å². The van der Waals surface area contributed by atoms with Crippen LogP contribution in [0.25, 0.3) is 0 Å². The van der Waals surface area contributed by atoms with E-state index in [0.717, 1.165) is 21.8 Å². The van der Waals surface area contributed by atoms with Crippen molar-refractivity contribution in [1.82, 2.24) is 5.43 Å². The van der Waals surface area contributed by atoms with Crippen LogP contribution in [0.1, 0.15) is 23.3 Å². The number of ether oxygens (including phenoxy) is 1. The second kappa shape index (κ2) is 6.15. The zero-order valence-corrected chi connectivity index (χ0v) is 13.2. The topological polar surface area (TPSA) is 50.7 Å². The molecule has 0 spiro atoms. The molecule has 1 aromatic heterocycles. The van der Waals surface area contributed by atoms with Crippen LogP contribution in [-0.2, 0) is 9.53 Å². The van der Waals surface area contributed by atoms with Crippen LogP contribution in [0, 0.1) is 0 Å². The van der Waals surface area contributed by atoms with Crippen LogP contribution in [0.3, 0.4) is 0 Å². The van der Waals surface area contributed by atoms with E-state index in [1.807, 2.05) is 54.8 Å². The van der Waals surface area contributed by atoms with Gasteiger partial charge in [0.05, 0.1) is 29.2 Å². The molecule has 0 amide bonds. The van der Waals surface area contributed by atoms with E-state index in [4.69, 9.17) is 4.74 Å². The van der Waals surface area contributed by atoms with E-state index in [2.05, 4.69) is 10.5 Å². The number of thiophene rings is 1. The summed E-state index contributed by atoms with van der Waals surface area (Å²) in [4.78, 5) is 13.3. The normalized spacial score (nSPS) is 17.7. The van der Waals surface area contributed by atoms with Gasteiger partial charge in [0.25, 0.3) is 0 Å². The van der Waals surface area contributed by atoms with Crippen molar-refractivity contribution >= 4 is 23.0 Å². The summed E-state index contributed by atoms with van der Waals surface area (Å²) in [6.07, 6.45) is 0. The molecule has 1 unspecified atom stereocenters. The molecule has 1 atom stereocenters. The minimum atomic E-state index is -0.331. The maximum Gasteiger partial charge on any atom is 0.336 e. The zero-order valence-electron chi connectivity index (χ0n) is 12.4. The molecule has 1 aromatic carbocycles. The fourth-order valence-electron chi connectivity index (χ4n) is 2.59. The molecule has 0 saturated carbocycles. The molecule has 1 N–H and O–H groups in total. The SMILES string of the molecule is COC(=O)C1=C(C)NN=C(c2cccs2)C1c1ccccc1. The van der Waals surface area contributed by atoms with Crippen LogP contribution in [0.15, 0.2) is 64.2 Å². The van der Waals surface area contributed by atoms with Gasteiger partial charge in [0, 0.05) is 5.70 Å². The van der Waals surface area contributed by atoms with E-state index < -0.39 is 0 Å². The first-order chi connectivity index (χ1) is 10.7. The number of methoxy groups -OCH3 is 1. The maximum absolute atomic E-state index is 12.3. The lowest BCUT2D eigenvalue weighted by Gasteiger charge is -2.26. The van der Waals surface area contributed by atoms with Crippen LogP contribution < -0.4 is 5.43 Å². The third-order valence-corrected chi connectivity index (χ3v) is 4.51. The predicted molar refractivity (Wildman–Crippen MR) is 87.9 cm³/mol. The molecule has 4 nitrogen and oxygen atoms in total. The molecular weight excluding hydrogens is 296 g/mol. The van der Waals surface area contributed by atoms with Crippen molar-refractivity contribution in [3.05, 3.63) is 69.6 Å². The highest BCUT2D eigenvalue weighted by molar-refractivity contribution is 7.12. The number of hydrogen-bond donors (Lipinski definition) is 1. The molecule has 0 radical (unpaired) electrons. The summed E-state index contributed by atoms with van der Waals surface area (Å²) in [5.74, 6) is -0.559. The molecule has 112 valence electrons. The van der Waals surface area contributed by atoms with Crippen molar-refractivity contribution in [2.45, 2.75) is 12.8 Å². The zero-order chi connectivity index (χ0) is 15.5. The largest absolute Gasteiger partial charge is 0.466 e. The summed E-state index contributed by atoms with van der Waals surface area (Å²) in [5.41, 5.74) is 6.15. The van der Waals surface area contributed by atoms with Crippen LogP contribution >= 0.6 is 11.3 Å². The Morgan fingerprint density at radius 3 is 2.64 bits per heavy atom. The first kappa shape index (κ1) is 14.5. The van der Waals surface area contributed by atoms with Crippen LogP contribution in [0.5, 0.6) is 0 Å². The van der Waals surface area contributed by atoms with Gasteiger partial charge in [0.2, 0.25) is 0 Å². The van der Waals surface area contributed by atoms with Crippen LogP contribution in [0.2, 0.25) is 0 Å². The summed E-state index contributed by atoms with van der Waals surface area (Å²) >= 11 is 1.60. The van der Waals surface area contributed by atoms with Gasteiger partial charge in [-0.15, -0.1) is 11.3 Å². The molecular formula is C17H16N2O2S. The van der Waals surface area contributed by atoms with Gasteiger partial charge in [-0.05, 0) is 23.9 Å². The molecule has 2 aromatic rings. The summed E-state index contributed by atoms with van der Waals surface area (Å²) < 4.78 is 4.99. The molecule has 2 heterocycles.